The number of aliphatic imine (C=N–C) groups is 2. The van der Waals surface area contributed by atoms with Crippen molar-refractivity contribution in [2.75, 3.05) is 55.7 Å². The number of nitrogens with zero attached hydrogens (tertiary/aromatic N) is 2. The van der Waals surface area contributed by atoms with Crippen molar-refractivity contribution in [2.45, 2.75) is 67.2 Å². The monoisotopic (exact) mass is 656 g/mol. The SMILES string of the molecule is CCN=Cc1c(OC)c(OC)c(C(C)C)c2cc(C)c(-c3c(C)cc4c(C(C)C)c(OC)c(OC)c(C=NCC)c4c3OC)c(OC)c12. The topological polar surface area (TPSA) is 80.1 Å². The Hall–Kier alpha value is -4.46. The molecule has 48 heavy (non-hydrogen) atoms. The van der Waals surface area contributed by atoms with E-state index in [1.165, 1.54) is 0 Å². The molecule has 0 aliphatic rings. The van der Waals surface area contributed by atoms with Crippen molar-refractivity contribution in [3.05, 3.63) is 45.5 Å². The first-order valence-corrected chi connectivity index (χ1v) is 16.6. The van der Waals surface area contributed by atoms with Crippen LogP contribution in [0.3, 0.4) is 0 Å². The van der Waals surface area contributed by atoms with Gasteiger partial charge < -0.3 is 28.4 Å². The fourth-order valence-corrected chi connectivity index (χ4v) is 7.09. The van der Waals surface area contributed by atoms with Crippen LogP contribution in [0.25, 0.3) is 32.7 Å². The Morgan fingerprint density at radius 3 is 1.08 bits per heavy atom. The molecule has 0 unspecified atom stereocenters. The summed E-state index contributed by atoms with van der Waals surface area (Å²) in [5.74, 6) is 4.34. The zero-order valence-corrected chi connectivity index (χ0v) is 31.2. The molecule has 0 atom stereocenters. The van der Waals surface area contributed by atoms with Gasteiger partial charge in [0.05, 0.1) is 42.7 Å². The Balaban J connectivity index is 2.39. The Morgan fingerprint density at radius 1 is 0.521 bits per heavy atom. The fourth-order valence-electron chi connectivity index (χ4n) is 7.09. The number of rotatable bonds is 13. The molecule has 0 aliphatic heterocycles. The molecule has 0 fully saturated rings. The lowest BCUT2D eigenvalue weighted by Crippen LogP contribution is -2.08. The zero-order chi connectivity index (χ0) is 35.4. The molecule has 0 bridgehead atoms. The molecule has 0 saturated heterocycles. The van der Waals surface area contributed by atoms with Gasteiger partial charge in [-0.1, -0.05) is 39.8 Å². The van der Waals surface area contributed by atoms with Gasteiger partial charge in [0.25, 0.3) is 0 Å². The van der Waals surface area contributed by atoms with E-state index < -0.39 is 0 Å². The molecule has 4 aromatic carbocycles. The summed E-state index contributed by atoms with van der Waals surface area (Å²) in [5, 5.41) is 3.86. The van der Waals surface area contributed by atoms with Gasteiger partial charge in [-0.15, -0.1) is 0 Å². The third-order valence-electron chi connectivity index (χ3n) is 8.90. The molecule has 0 heterocycles. The van der Waals surface area contributed by atoms with Crippen molar-refractivity contribution >= 4 is 34.0 Å². The van der Waals surface area contributed by atoms with Gasteiger partial charge in [-0.2, -0.15) is 0 Å². The van der Waals surface area contributed by atoms with Crippen LogP contribution in [0.15, 0.2) is 22.1 Å². The lowest BCUT2D eigenvalue weighted by atomic mass is 9.83. The zero-order valence-electron chi connectivity index (χ0n) is 31.2. The quantitative estimate of drug-likeness (QED) is 0.133. The van der Waals surface area contributed by atoms with Crippen molar-refractivity contribution in [1.82, 2.24) is 0 Å². The number of benzene rings is 4. The normalized spacial score (nSPS) is 11.9. The molecule has 258 valence electrons. The van der Waals surface area contributed by atoms with Gasteiger partial charge in [0.1, 0.15) is 11.5 Å². The van der Waals surface area contributed by atoms with E-state index in [1.54, 1.807) is 42.7 Å². The van der Waals surface area contributed by atoms with E-state index in [-0.39, 0.29) is 11.8 Å². The summed E-state index contributed by atoms with van der Waals surface area (Å²) in [6.07, 6.45) is 3.73. The highest BCUT2D eigenvalue weighted by molar-refractivity contribution is 6.15. The Morgan fingerprint density at radius 2 is 0.833 bits per heavy atom. The highest BCUT2D eigenvalue weighted by atomic mass is 16.5. The van der Waals surface area contributed by atoms with E-state index in [4.69, 9.17) is 28.4 Å². The maximum atomic E-state index is 6.44. The van der Waals surface area contributed by atoms with Crippen LogP contribution in [0.2, 0.25) is 0 Å². The predicted molar refractivity (Wildman–Crippen MR) is 200 cm³/mol. The second-order valence-electron chi connectivity index (χ2n) is 12.4. The predicted octanol–water partition coefficient (Wildman–Crippen LogP) is 9.45. The smallest absolute Gasteiger partial charge is 0.170 e. The summed E-state index contributed by atoms with van der Waals surface area (Å²) in [4.78, 5) is 9.33. The van der Waals surface area contributed by atoms with E-state index in [2.05, 4.69) is 63.7 Å². The number of methoxy groups -OCH3 is 6. The lowest BCUT2D eigenvalue weighted by molar-refractivity contribution is 0.351. The first kappa shape index (κ1) is 36.4. The van der Waals surface area contributed by atoms with Gasteiger partial charge in [0.15, 0.2) is 23.0 Å². The minimum Gasteiger partial charge on any atom is -0.495 e. The Labute approximate surface area is 286 Å². The maximum Gasteiger partial charge on any atom is 0.170 e. The molecule has 4 rings (SSSR count). The fraction of sp³-hybridized carbons (Fsp3) is 0.450. The van der Waals surface area contributed by atoms with Crippen LogP contribution in [0.4, 0.5) is 0 Å². The van der Waals surface area contributed by atoms with Crippen LogP contribution in [0, 0.1) is 13.8 Å². The van der Waals surface area contributed by atoms with Crippen LogP contribution < -0.4 is 28.4 Å². The van der Waals surface area contributed by atoms with E-state index in [9.17, 15) is 0 Å². The minimum atomic E-state index is 0.137. The second-order valence-corrected chi connectivity index (χ2v) is 12.4. The average Bonchev–Trinajstić information content (AvgIpc) is 3.06. The van der Waals surface area contributed by atoms with Crippen molar-refractivity contribution in [3.63, 3.8) is 0 Å². The van der Waals surface area contributed by atoms with Gasteiger partial charge in [-0.3, -0.25) is 9.98 Å². The van der Waals surface area contributed by atoms with Crippen molar-refractivity contribution < 1.29 is 28.4 Å². The third-order valence-corrected chi connectivity index (χ3v) is 8.90. The van der Waals surface area contributed by atoms with E-state index in [0.29, 0.717) is 47.6 Å². The Kier molecular flexibility index (Phi) is 11.5. The summed E-state index contributed by atoms with van der Waals surface area (Å²) in [5.41, 5.74) is 7.60. The van der Waals surface area contributed by atoms with Crippen LogP contribution >= 0.6 is 0 Å². The summed E-state index contributed by atoms with van der Waals surface area (Å²) < 4.78 is 37.1. The highest BCUT2D eigenvalue weighted by Crippen LogP contribution is 2.55. The van der Waals surface area contributed by atoms with Crippen molar-refractivity contribution in [1.29, 1.82) is 0 Å². The summed E-state index contributed by atoms with van der Waals surface area (Å²) in [6, 6.07) is 4.45. The number of fused-ring (bicyclic) bond motifs is 2. The number of hydrogen-bond acceptors (Lipinski definition) is 8. The molecule has 4 aromatic rings. The van der Waals surface area contributed by atoms with Crippen LogP contribution in [0.5, 0.6) is 34.5 Å². The van der Waals surface area contributed by atoms with E-state index in [1.807, 2.05) is 26.3 Å². The number of ether oxygens (including phenoxy) is 6. The van der Waals surface area contributed by atoms with E-state index >= 15 is 0 Å². The standard InChI is InChI=1S/C40H52N2O6/c1-15-41-19-27-33-25(29(21(3)4)39(47-13)35(27)43-9)17-23(7)31(37(33)45-11)32-24(8)18-26-30(22(5)6)40(48-14)36(44-10)28(20-42-16-2)34(26)38(32)46-12/h17-22H,15-16H2,1-14H3. The van der Waals surface area contributed by atoms with Crippen molar-refractivity contribution in [3.8, 4) is 45.6 Å². The molecular formula is C40H52N2O6. The molecule has 0 spiro atoms. The summed E-state index contributed by atoms with van der Waals surface area (Å²) >= 11 is 0. The molecule has 8 heteroatoms. The van der Waals surface area contributed by atoms with Crippen LogP contribution in [-0.4, -0.2) is 68.2 Å². The van der Waals surface area contributed by atoms with Crippen LogP contribution in [-0.2, 0) is 0 Å². The molecule has 0 radical (unpaired) electrons. The van der Waals surface area contributed by atoms with Gasteiger partial charge in [-0.25, -0.2) is 0 Å². The highest BCUT2D eigenvalue weighted by Gasteiger charge is 2.31. The molecule has 0 aliphatic carbocycles. The van der Waals surface area contributed by atoms with Crippen molar-refractivity contribution in [2.24, 2.45) is 9.98 Å². The summed E-state index contributed by atoms with van der Waals surface area (Å²) in [7, 11) is 10.2. The first-order valence-electron chi connectivity index (χ1n) is 16.6. The van der Waals surface area contributed by atoms with Gasteiger partial charge in [0, 0.05) is 69.7 Å². The Bertz CT molecular complexity index is 1750. The largest absolute Gasteiger partial charge is 0.495 e. The minimum absolute atomic E-state index is 0.137. The number of hydrogen-bond donors (Lipinski definition) is 0. The molecule has 8 nitrogen and oxygen atoms in total. The average molecular weight is 657 g/mol. The summed E-state index contributed by atoms with van der Waals surface area (Å²) in [6.45, 7) is 18.1. The lowest BCUT2D eigenvalue weighted by Gasteiger charge is -2.27. The molecule has 0 amide bonds. The van der Waals surface area contributed by atoms with Gasteiger partial charge in [0.2, 0.25) is 0 Å². The molecule has 0 saturated carbocycles. The van der Waals surface area contributed by atoms with Gasteiger partial charge >= 0.3 is 0 Å². The molecular weight excluding hydrogens is 604 g/mol. The first-order chi connectivity index (χ1) is 23.0. The third kappa shape index (κ3) is 5.90. The van der Waals surface area contributed by atoms with Gasteiger partial charge in [-0.05, 0) is 61.4 Å². The molecule has 0 N–H and O–H groups in total. The number of aryl methyl sites for hydroxylation is 2. The maximum absolute atomic E-state index is 6.44. The van der Waals surface area contributed by atoms with E-state index in [0.717, 1.165) is 66.1 Å². The van der Waals surface area contributed by atoms with Crippen LogP contribution in [0.1, 0.15) is 86.8 Å². The molecule has 0 aromatic heterocycles. The second kappa shape index (κ2) is 15.2.